The SMILES string of the molecule is O=C(NCc1cccnc1)c1ccc(C(=O)NC2CCCC2)cc1. The molecule has 1 aromatic carbocycles. The minimum Gasteiger partial charge on any atom is -0.349 e. The first kappa shape index (κ1) is 16.2. The van der Waals surface area contributed by atoms with Crippen molar-refractivity contribution in [2.45, 2.75) is 38.3 Å². The lowest BCUT2D eigenvalue weighted by Crippen LogP contribution is -2.32. The highest BCUT2D eigenvalue weighted by atomic mass is 16.2. The lowest BCUT2D eigenvalue weighted by Gasteiger charge is -2.12. The van der Waals surface area contributed by atoms with Gasteiger partial charge in [0.2, 0.25) is 0 Å². The maximum atomic E-state index is 12.2. The molecule has 2 amide bonds. The molecule has 1 saturated carbocycles. The Morgan fingerprint density at radius 3 is 2.29 bits per heavy atom. The lowest BCUT2D eigenvalue weighted by molar-refractivity contribution is 0.0930. The normalized spacial score (nSPS) is 14.3. The number of aromatic nitrogens is 1. The van der Waals surface area contributed by atoms with Gasteiger partial charge < -0.3 is 10.6 Å². The monoisotopic (exact) mass is 323 g/mol. The molecule has 1 aliphatic carbocycles. The van der Waals surface area contributed by atoms with E-state index in [0.29, 0.717) is 23.7 Å². The Kier molecular flexibility index (Phi) is 5.21. The fourth-order valence-electron chi connectivity index (χ4n) is 2.90. The summed E-state index contributed by atoms with van der Waals surface area (Å²) >= 11 is 0. The van der Waals surface area contributed by atoms with Crippen LogP contribution in [-0.4, -0.2) is 22.8 Å². The van der Waals surface area contributed by atoms with Crippen LogP contribution in [0.15, 0.2) is 48.8 Å². The maximum Gasteiger partial charge on any atom is 0.251 e. The van der Waals surface area contributed by atoms with Crippen LogP contribution in [0.2, 0.25) is 0 Å². The molecule has 1 fully saturated rings. The first-order chi connectivity index (χ1) is 11.7. The van der Waals surface area contributed by atoms with Crippen molar-refractivity contribution in [2.75, 3.05) is 0 Å². The van der Waals surface area contributed by atoms with E-state index in [-0.39, 0.29) is 11.8 Å². The first-order valence-electron chi connectivity index (χ1n) is 8.30. The Bertz CT molecular complexity index is 692. The quantitative estimate of drug-likeness (QED) is 0.888. The molecule has 124 valence electrons. The zero-order chi connectivity index (χ0) is 16.8. The summed E-state index contributed by atoms with van der Waals surface area (Å²) in [6, 6.07) is 10.8. The second-order valence-electron chi connectivity index (χ2n) is 6.08. The van der Waals surface area contributed by atoms with Crippen molar-refractivity contribution >= 4 is 11.8 Å². The van der Waals surface area contributed by atoms with Gasteiger partial charge in [-0.3, -0.25) is 14.6 Å². The summed E-state index contributed by atoms with van der Waals surface area (Å²) in [5.74, 6) is -0.231. The molecule has 24 heavy (non-hydrogen) atoms. The Labute approximate surface area is 141 Å². The van der Waals surface area contributed by atoms with Crippen molar-refractivity contribution in [3.63, 3.8) is 0 Å². The molecule has 0 saturated heterocycles. The number of carbonyl (C=O) groups excluding carboxylic acids is 2. The second kappa shape index (κ2) is 7.73. The molecule has 0 bridgehead atoms. The number of rotatable bonds is 5. The van der Waals surface area contributed by atoms with Gasteiger partial charge >= 0.3 is 0 Å². The maximum absolute atomic E-state index is 12.2. The topological polar surface area (TPSA) is 71.1 Å². The van der Waals surface area contributed by atoms with Crippen molar-refractivity contribution in [3.8, 4) is 0 Å². The fourth-order valence-corrected chi connectivity index (χ4v) is 2.90. The number of nitrogens with zero attached hydrogens (tertiary/aromatic N) is 1. The van der Waals surface area contributed by atoms with Crippen molar-refractivity contribution in [3.05, 3.63) is 65.5 Å². The zero-order valence-electron chi connectivity index (χ0n) is 13.5. The third kappa shape index (κ3) is 4.19. The Morgan fingerprint density at radius 2 is 1.67 bits per heavy atom. The summed E-state index contributed by atoms with van der Waals surface area (Å²) in [6.07, 6.45) is 7.89. The smallest absolute Gasteiger partial charge is 0.251 e. The molecular formula is C19H21N3O2. The summed E-state index contributed by atoms with van der Waals surface area (Å²) in [4.78, 5) is 28.3. The number of hydrogen-bond donors (Lipinski definition) is 2. The van der Waals surface area contributed by atoms with Crippen LogP contribution in [0.25, 0.3) is 0 Å². The molecule has 0 spiro atoms. The average Bonchev–Trinajstić information content (AvgIpc) is 3.13. The minimum absolute atomic E-state index is 0.0655. The molecule has 0 atom stereocenters. The molecule has 5 nitrogen and oxygen atoms in total. The molecule has 0 radical (unpaired) electrons. The van der Waals surface area contributed by atoms with E-state index in [0.717, 1.165) is 18.4 Å². The van der Waals surface area contributed by atoms with Gasteiger partial charge in [0.15, 0.2) is 0 Å². The van der Waals surface area contributed by atoms with E-state index in [9.17, 15) is 9.59 Å². The highest BCUT2D eigenvalue weighted by molar-refractivity contribution is 5.97. The highest BCUT2D eigenvalue weighted by Gasteiger charge is 2.18. The summed E-state index contributed by atoms with van der Waals surface area (Å²) in [5, 5.41) is 5.89. The van der Waals surface area contributed by atoms with E-state index in [1.807, 2.05) is 12.1 Å². The van der Waals surface area contributed by atoms with Crippen molar-refractivity contribution in [1.82, 2.24) is 15.6 Å². The van der Waals surface area contributed by atoms with Crippen LogP contribution in [0.4, 0.5) is 0 Å². The van der Waals surface area contributed by atoms with E-state index in [4.69, 9.17) is 0 Å². The zero-order valence-corrected chi connectivity index (χ0v) is 13.5. The van der Waals surface area contributed by atoms with Gasteiger partial charge in [0.25, 0.3) is 11.8 Å². The largest absolute Gasteiger partial charge is 0.349 e. The highest BCUT2D eigenvalue weighted by Crippen LogP contribution is 2.18. The molecule has 1 aromatic heterocycles. The van der Waals surface area contributed by atoms with E-state index < -0.39 is 0 Å². The van der Waals surface area contributed by atoms with Gasteiger partial charge in [-0.2, -0.15) is 0 Å². The molecule has 1 heterocycles. The predicted molar refractivity (Wildman–Crippen MR) is 91.6 cm³/mol. The summed E-state index contributed by atoms with van der Waals surface area (Å²) in [5.41, 5.74) is 2.07. The van der Waals surface area contributed by atoms with Crippen LogP contribution >= 0.6 is 0 Å². The van der Waals surface area contributed by atoms with E-state index in [2.05, 4.69) is 15.6 Å². The Balaban J connectivity index is 1.55. The predicted octanol–water partition coefficient (Wildman–Crippen LogP) is 2.68. The molecule has 2 N–H and O–H groups in total. The van der Waals surface area contributed by atoms with Crippen molar-refractivity contribution < 1.29 is 9.59 Å². The number of carbonyl (C=O) groups is 2. The van der Waals surface area contributed by atoms with E-state index in [1.54, 1.807) is 36.7 Å². The molecule has 1 aliphatic rings. The standard InChI is InChI=1S/C19H21N3O2/c23-18(21-13-14-4-3-11-20-12-14)15-7-9-16(10-8-15)19(24)22-17-5-1-2-6-17/h3-4,7-12,17H,1-2,5-6,13H2,(H,21,23)(H,22,24). The molecule has 0 unspecified atom stereocenters. The van der Waals surface area contributed by atoms with Crippen molar-refractivity contribution in [1.29, 1.82) is 0 Å². The molecule has 2 aromatic rings. The van der Waals surface area contributed by atoms with Crippen LogP contribution in [0, 0.1) is 0 Å². The molecule has 5 heteroatoms. The number of pyridine rings is 1. The molecule has 0 aliphatic heterocycles. The summed E-state index contributed by atoms with van der Waals surface area (Å²) in [6.45, 7) is 0.427. The van der Waals surface area contributed by atoms with Gasteiger partial charge in [-0.1, -0.05) is 18.9 Å². The van der Waals surface area contributed by atoms with Gasteiger partial charge in [-0.05, 0) is 48.7 Å². The summed E-state index contributed by atoms with van der Waals surface area (Å²) < 4.78 is 0. The van der Waals surface area contributed by atoms with Gasteiger partial charge in [0, 0.05) is 36.1 Å². The third-order valence-electron chi connectivity index (χ3n) is 4.28. The Hall–Kier alpha value is -2.69. The first-order valence-corrected chi connectivity index (χ1v) is 8.30. The number of amides is 2. The van der Waals surface area contributed by atoms with Gasteiger partial charge in [0.1, 0.15) is 0 Å². The summed E-state index contributed by atoms with van der Waals surface area (Å²) in [7, 11) is 0. The van der Waals surface area contributed by atoms with Crippen LogP contribution in [0.5, 0.6) is 0 Å². The van der Waals surface area contributed by atoms with Crippen LogP contribution in [-0.2, 0) is 6.54 Å². The Morgan fingerprint density at radius 1 is 1.00 bits per heavy atom. The van der Waals surface area contributed by atoms with E-state index in [1.165, 1.54) is 12.8 Å². The van der Waals surface area contributed by atoms with Gasteiger partial charge in [-0.25, -0.2) is 0 Å². The minimum atomic E-state index is -0.165. The van der Waals surface area contributed by atoms with Crippen LogP contribution in [0.3, 0.4) is 0 Å². The second-order valence-corrected chi connectivity index (χ2v) is 6.08. The van der Waals surface area contributed by atoms with E-state index >= 15 is 0 Å². The van der Waals surface area contributed by atoms with Crippen LogP contribution < -0.4 is 10.6 Å². The number of nitrogens with one attached hydrogen (secondary N) is 2. The number of hydrogen-bond acceptors (Lipinski definition) is 3. The lowest BCUT2D eigenvalue weighted by atomic mass is 10.1. The van der Waals surface area contributed by atoms with Gasteiger partial charge in [-0.15, -0.1) is 0 Å². The van der Waals surface area contributed by atoms with Gasteiger partial charge in [0.05, 0.1) is 0 Å². The average molecular weight is 323 g/mol. The van der Waals surface area contributed by atoms with Crippen molar-refractivity contribution in [2.24, 2.45) is 0 Å². The molecule has 3 rings (SSSR count). The van der Waals surface area contributed by atoms with Crippen LogP contribution in [0.1, 0.15) is 52.0 Å². The fraction of sp³-hybridized carbons (Fsp3) is 0.316. The third-order valence-corrected chi connectivity index (χ3v) is 4.28. The molecular weight excluding hydrogens is 302 g/mol. The number of benzene rings is 1.